The quantitative estimate of drug-likeness (QED) is 0.823. The number of nitrogens with one attached hydrogen (secondary N) is 1. The molecule has 2 rings (SSSR count). The van der Waals surface area contributed by atoms with Gasteiger partial charge in [-0.05, 0) is 36.9 Å². The first kappa shape index (κ1) is 12.5. The van der Waals surface area contributed by atoms with Crippen molar-refractivity contribution in [2.24, 2.45) is 0 Å². The van der Waals surface area contributed by atoms with Gasteiger partial charge >= 0.3 is 0 Å². The largest absolute Gasteiger partial charge is 0.359 e. The molecule has 0 amide bonds. The Bertz CT molecular complexity index is 522. The van der Waals surface area contributed by atoms with E-state index in [1.807, 2.05) is 18.0 Å². The molecule has 0 spiro atoms. The van der Waals surface area contributed by atoms with Crippen molar-refractivity contribution in [1.29, 1.82) is 0 Å². The second-order valence-electron chi connectivity index (χ2n) is 4.31. The van der Waals surface area contributed by atoms with Crippen LogP contribution in [-0.2, 0) is 6.54 Å². The Morgan fingerprint density at radius 3 is 2.83 bits per heavy atom. The molecule has 1 heterocycles. The topological polar surface area (TPSA) is 36.1 Å². The zero-order valence-corrected chi connectivity index (χ0v) is 10.2. The number of ketones is 1. The van der Waals surface area contributed by atoms with Crippen molar-refractivity contribution in [3.05, 3.63) is 59.7 Å². The van der Waals surface area contributed by atoms with E-state index in [1.54, 1.807) is 24.4 Å². The van der Waals surface area contributed by atoms with Crippen molar-refractivity contribution >= 4 is 5.78 Å². The zero-order valence-electron chi connectivity index (χ0n) is 10.2. The van der Waals surface area contributed by atoms with Crippen LogP contribution < -0.4 is 0 Å². The van der Waals surface area contributed by atoms with Gasteiger partial charge in [0.25, 0.3) is 0 Å². The Morgan fingerprint density at radius 2 is 2.17 bits per heavy atom. The Hall–Kier alpha value is -1.94. The normalized spacial score (nSPS) is 10.8. The highest BCUT2D eigenvalue weighted by atomic mass is 19.1. The summed E-state index contributed by atoms with van der Waals surface area (Å²) in [5, 5.41) is 0. The molecule has 0 aliphatic rings. The van der Waals surface area contributed by atoms with E-state index in [4.69, 9.17) is 0 Å². The van der Waals surface area contributed by atoms with Crippen LogP contribution in [0.5, 0.6) is 0 Å². The van der Waals surface area contributed by atoms with Gasteiger partial charge in [-0.2, -0.15) is 0 Å². The highest BCUT2D eigenvalue weighted by Gasteiger charge is 2.10. The van der Waals surface area contributed by atoms with Gasteiger partial charge in [-0.25, -0.2) is 4.39 Å². The van der Waals surface area contributed by atoms with Crippen LogP contribution in [-0.4, -0.2) is 29.3 Å². The molecule has 0 atom stereocenters. The number of carbonyl (C=O) groups excluding carboxylic acids is 1. The van der Waals surface area contributed by atoms with Gasteiger partial charge in [0.2, 0.25) is 0 Å². The number of aromatic nitrogens is 1. The van der Waals surface area contributed by atoms with Gasteiger partial charge in [-0.1, -0.05) is 12.1 Å². The molecule has 1 aromatic heterocycles. The Kier molecular flexibility index (Phi) is 3.89. The van der Waals surface area contributed by atoms with Crippen molar-refractivity contribution in [1.82, 2.24) is 9.88 Å². The summed E-state index contributed by atoms with van der Waals surface area (Å²) in [6.07, 6.45) is 1.72. The summed E-state index contributed by atoms with van der Waals surface area (Å²) < 4.78 is 13.0. The summed E-state index contributed by atoms with van der Waals surface area (Å²) in [7, 11) is 1.84. The minimum absolute atomic E-state index is 0.0268. The van der Waals surface area contributed by atoms with Crippen LogP contribution in [0.3, 0.4) is 0 Å². The van der Waals surface area contributed by atoms with Crippen LogP contribution in [0.4, 0.5) is 4.39 Å². The lowest BCUT2D eigenvalue weighted by Gasteiger charge is -2.15. The van der Waals surface area contributed by atoms with E-state index in [-0.39, 0.29) is 11.6 Å². The molecule has 0 saturated heterocycles. The summed E-state index contributed by atoms with van der Waals surface area (Å²) >= 11 is 0. The van der Waals surface area contributed by atoms with E-state index in [9.17, 15) is 9.18 Å². The molecule has 0 aliphatic carbocycles. The minimum Gasteiger partial charge on any atom is -0.359 e. The predicted molar refractivity (Wildman–Crippen MR) is 67.9 cm³/mol. The molecular formula is C14H15FN2O. The van der Waals surface area contributed by atoms with Crippen molar-refractivity contribution in [2.75, 3.05) is 13.6 Å². The highest BCUT2D eigenvalue weighted by Crippen LogP contribution is 2.07. The molecule has 0 unspecified atom stereocenters. The van der Waals surface area contributed by atoms with Crippen LogP contribution in [0, 0.1) is 5.82 Å². The number of carbonyl (C=O) groups is 1. The molecule has 0 aliphatic heterocycles. The fourth-order valence-corrected chi connectivity index (χ4v) is 1.84. The fourth-order valence-electron chi connectivity index (χ4n) is 1.84. The van der Waals surface area contributed by atoms with E-state index in [0.29, 0.717) is 18.8 Å². The SMILES string of the molecule is CN(CC(=O)c1ccc[nH]1)Cc1cccc(F)c1. The summed E-state index contributed by atoms with van der Waals surface area (Å²) in [6.45, 7) is 0.848. The average molecular weight is 246 g/mol. The third-order valence-electron chi connectivity index (χ3n) is 2.65. The number of aromatic amines is 1. The number of hydrogen-bond donors (Lipinski definition) is 1. The van der Waals surface area contributed by atoms with E-state index in [0.717, 1.165) is 5.56 Å². The number of nitrogens with zero attached hydrogens (tertiary/aromatic N) is 1. The number of benzene rings is 1. The van der Waals surface area contributed by atoms with E-state index >= 15 is 0 Å². The maximum atomic E-state index is 13.0. The van der Waals surface area contributed by atoms with Gasteiger partial charge in [0.1, 0.15) is 5.82 Å². The van der Waals surface area contributed by atoms with Gasteiger partial charge < -0.3 is 4.98 Å². The molecule has 2 aromatic rings. The third kappa shape index (κ3) is 3.28. The molecule has 0 fully saturated rings. The summed E-state index contributed by atoms with van der Waals surface area (Å²) in [5.74, 6) is -0.226. The lowest BCUT2D eigenvalue weighted by atomic mass is 10.2. The van der Waals surface area contributed by atoms with Crippen molar-refractivity contribution in [3.8, 4) is 0 Å². The van der Waals surface area contributed by atoms with E-state index in [2.05, 4.69) is 4.98 Å². The van der Waals surface area contributed by atoms with Crippen LogP contribution in [0.15, 0.2) is 42.6 Å². The summed E-state index contributed by atoms with van der Waals surface area (Å²) in [6, 6.07) is 9.95. The lowest BCUT2D eigenvalue weighted by molar-refractivity contribution is 0.0938. The lowest BCUT2D eigenvalue weighted by Crippen LogP contribution is -2.25. The first-order valence-electron chi connectivity index (χ1n) is 5.75. The van der Waals surface area contributed by atoms with Gasteiger partial charge in [-0.15, -0.1) is 0 Å². The second kappa shape index (κ2) is 5.60. The number of likely N-dealkylation sites (N-methyl/N-ethyl adjacent to an activating group) is 1. The van der Waals surface area contributed by atoms with E-state index < -0.39 is 0 Å². The molecule has 1 N–H and O–H groups in total. The number of halogens is 1. The van der Waals surface area contributed by atoms with Crippen molar-refractivity contribution in [3.63, 3.8) is 0 Å². The summed E-state index contributed by atoms with van der Waals surface area (Å²) in [4.78, 5) is 16.6. The van der Waals surface area contributed by atoms with Gasteiger partial charge in [0.05, 0.1) is 12.2 Å². The second-order valence-corrected chi connectivity index (χ2v) is 4.31. The predicted octanol–water partition coefficient (Wildman–Crippen LogP) is 2.47. The third-order valence-corrected chi connectivity index (χ3v) is 2.65. The molecule has 4 heteroatoms. The monoisotopic (exact) mass is 246 g/mol. The molecule has 1 aromatic carbocycles. The number of H-pyrrole nitrogens is 1. The Balaban J connectivity index is 1.93. The molecular weight excluding hydrogens is 231 g/mol. The number of Topliss-reactive ketones (excluding diaryl/α,β-unsaturated/α-hetero) is 1. The van der Waals surface area contributed by atoms with Crippen molar-refractivity contribution in [2.45, 2.75) is 6.54 Å². The van der Waals surface area contributed by atoms with Crippen molar-refractivity contribution < 1.29 is 9.18 Å². The molecule has 0 bridgehead atoms. The average Bonchev–Trinajstić information content (AvgIpc) is 2.81. The number of hydrogen-bond acceptors (Lipinski definition) is 2. The minimum atomic E-state index is -0.253. The molecule has 0 saturated carbocycles. The van der Waals surface area contributed by atoms with Crippen LogP contribution in [0.1, 0.15) is 16.1 Å². The smallest absolute Gasteiger partial charge is 0.192 e. The Morgan fingerprint density at radius 1 is 1.33 bits per heavy atom. The van der Waals surface area contributed by atoms with Crippen LogP contribution in [0.2, 0.25) is 0 Å². The van der Waals surface area contributed by atoms with E-state index in [1.165, 1.54) is 12.1 Å². The van der Waals surface area contributed by atoms with Crippen LogP contribution in [0.25, 0.3) is 0 Å². The molecule has 94 valence electrons. The van der Waals surface area contributed by atoms with Gasteiger partial charge in [0.15, 0.2) is 5.78 Å². The molecule has 0 radical (unpaired) electrons. The fraction of sp³-hybridized carbons (Fsp3) is 0.214. The van der Waals surface area contributed by atoms with Gasteiger partial charge in [-0.3, -0.25) is 9.69 Å². The zero-order chi connectivity index (χ0) is 13.0. The maximum absolute atomic E-state index is 13.0. The van der Waals surface area contributed by atoms with Crippen LogP contribution >= 0.6 is 0 Å². The Labute approximate surface area is 105 Å². The molecule has 18 heavy (non-hydrogen) atoms. The maximum Gasteiger partial charge on any atom is 0.192 e. The standard InChI is InChI=1S/C14H15FN2O/c1-17(9-11-4-2-5-12(15)8-11)10-14(18)13-6-3-7-16-13/h2-8,16H,9-10H2,1H3. The first-order chi connectivity index (χ1) is 8.65. The first-order valence-corrected chi connectivity index (χ1v) is 5.75. The molecule has 3 nitrogen and oxygen atoms in total. The summed E-state index contributed by atoms with van der Waals surface area (Å²) in [5.41, 5.74) is 1.46. The number of rotatable bonds is 5. The van der Waals surface area contributed by atoms with Gasteiger partial charge in [0, 0.05) is 12.7 Å². The highest BCUT2D eigenvalue weighted by molar-refractivity contribution is 5.95.